The number of nitrogens with zero attached hydrogens (tertiary/aromatic N) is 3. The molecule has 1 aliphatic carbocycles. The summed E-state index contributed by atoms with van der Waals surface area (Å²) in [6.07, 6.45) is 4.81. The summed E-state index contributed by atoms with van der Waals surface area (Å²) >= 11 is 0. The Labute approximate surface area is 170 Å². The summed E-state index contributed by atoms with van der Waals surface area (Å²) in [5.41, 5.74) is 2.34. The number of rotatable bonds is 7. The van der Waals surface area contributed by atoms with Crippen LogP contribution in [0.4, 0.5) is 5.69 Å². The zero-order chi connectivity index (χ0) is 20.1. The van der Waals surface area contributed by atoms with Crippen molar-refractivity contribution < 1.29 is 8.42 Å². The molecule has 3 rings (SSSR count). The normalized spacial score (nSPS) is 21.5. The summed E-state index contributed by atoms with van der Waals surface area (Å²) < 4.78 is 28.7. The molecule has 0 radical (unpaired) electrons. The second kappa shape index (κ2) is 9.57. The predicted octanol–water partition coefficient (Wildman–Crippen LogP) is 2.29. The van der Waals surface area contributed by atoms with Crippen LogP contribution in [0.1, 0.15) is 43.7 Å². The maximum absolute atomic E-state index is 12.9. The molecule has 0 bridgehead atoms. The molecule has 0 amide bonds. The summed E-state index contributed by atoms with van der Waals surface area (Å²) in [6.45, 7) is 4.40. The van der Waals surface area contributed by atoms with E-state index >= 15 is 0 Å². The number of sulfonamides is 1. The lowest BCUT2D eigenvalue weighted by molar-refractivity contribution is 0.113. The van der Waals surface area contributed by atoms with Crippen molar-refractivity contribution in [2.24, 2.45) is 0 Å². The first-order chi connectivity index (χ1) is 13.4. The molecule has 1 aromatic rings. The molecule has 1 aliphatic heterocycles. The predicted molar refractivity (Wildman–Crippen MR) is 116 cm³/mol. The van der Waals surface area contributed by atoms with E-state index in [4.69, 9.17) is 0 Å². The standard InChI is InChI=1S/C21H36N4O2S/c1-23(2)19-11-9-18(10-12-19)21(25-15-13-24(3)14-16-25)17-22-28(26,27)20-7-5-4-6-8-20/h9-12,20-22H,4-8,13-17H2,1-3H3. The van der Waals surface area contributed by atoms with Crippen LogP contribution in [0.3, 0.4) is 0 Å². The van der Waals surface area contributed by atoms with Crippen molar-refractivity contribution in [3.63, 3.8) is 0 Å². The Hall–Kier alpha value is -1.15. The molecule has 7 heteroatoms. The Morgan fingerprint density at radius 1 is 1.04 bits per heavy atom. The minimum atomic E-state index is -3.25. The zero-order valence-corrected chi connectivity index (χ0v) is 18.4. The van der Waals surface area contributed by atoms with Crippen LogP contribution < -0.4 is 9.62 Å². The van der Waals surface area contributed by atoms with E-state index in [1.807, 2.05) is 14.1 Å². The van der Waals surface area contributed by atoms with E-state index in [1.165, 1.54) is 5.56 Å². The fraction of sp³-hybridized carbons (Fsp3) is 0.714. The second-order valence-corrected chi connectivity index (χ2v) is 10.5. The molecule has 1 heterocycles. The van der Waals surface area contributed by atoms with Gasteiger partial charge in [-0.25, -0.2) is 13.1 Å². The first-order valence-electron chi connectivity index (χ1n) is 10.5. The van der Waals surface area contributed by atoms with Crippen LogP contribution in [0.5, 0.6) is 0 Å². The highest BCUT2D eigenvalue weighted by Gasteiger charge is 2.30. The molecule has 158 valence electrons. The average Bonchev–Trinajstić information content (AvgIpc) is 2.70. The summed E-state index contributed by atoms with van der Waals surface area (Å²) in [7, 11) is 2.96. The van der Waals surface area contributed by atoms with Gasteiger partial charge in [0.15, 0.2) is 0 Å². The van der Waals surface area contributed by atoms with Gasteiger partial charge >= 0.3 is 0 Å². The number of benzene rings is 1. The minimum absolute atomic E-state index is 0.0725. The van der Waals surface area contributed by atoms with Gasteiger partial charge in [0.1, 0.15) is 0 Å². The highest BCUT2D eigenvalue weighted by molar-refractivity contribution is 7.90. The monoisotopic (exact) mass is 408 g/mol. The van der Waals surface area contributed by atoms with Crippen molar-refractivity contribution >= 4 is 15.7 Å². The molecule has 1 saturated heterocycles. The van der Waals surface area contributed by atoms with Gasteiger partial charge in [0.25, 0.3) is 0 Å². The van der Waals surface area contributed by atoms with Crippen LogP contribution >= 0.6 is 0 Å². The number of nitrogens with one attached hydrogen (secondary N) is 1. The highest BCUT2D eigenvalue weighted by Crippen LogP contribution is 2.26. The largest absolute Gasteiger partial charge is 0.378 e. The smallest absolute Gasteiger partial charge is 0.214 e. The van der Waals surface area contributed by atoms with Gasteiger partial charge in [0.05, 0.1) is 5.25 Å². The van der Waals surface area contributed by atoms with Crippen molar-refractivity contribution in [2.45, 2.75) is 43.4 Å². The lowest BCUT2D eigenvalue weighted by Gasteiger charge is -2.38. The molecule has 2 aliphatic rings. The number of piperazine rings is 1. The molecule has 1 unspecified atom stereocenters. The van der Waals surface area contributed by atoms with Crippen LogP contribution in [0.2, 0.25) is 0 Å². The van der Waals surface area contributed by atoms with Crippen molar-refractivity contribution in [1.29, 1.82) is 0 Å². The Morgan fingerprint density at radius 2 is 1.64 bits per heavy atom. The molecule has 1 atom stereocenters. The fourth-order valence-electron chi connectivity index (χ4n) is 4.27. The Balaban J connectivity index is 1.74. The molecule has 0 aromatic heterocycles. The first-order valence-corrected chi connectivity index (χ1v) is 12.1. The van der Waals surface area contributed by atoms with E-state index in [-0.39, 0.29) is 11.3 Å². The Morgan fingerprint density at radius 3 is 2.21 bits per heavy atom. The van der Waals surface area contributed by atoms with Crippen molar-refractivity contribution in [3.05, 3.63) is 29.8 Å². The van der Waals surface area contributed by atoms with E-state index in [9.17, 15) is 8.42 Å². The van der Waals surface area contributed by atoms with Gasteiger partial charge in [-0.3, -0.25) is 4.90 Å². The van der Waals surface area contributed by atoms with E-state index < -0.39 is 10.0 Å². The van der Waals surface area contributed by atoms with Crippen LogP contribution in [0, 0.1) is 0 Å². The van der Waals surface area contributed by atoms with E-state index in [0.717, 1.165) is 64.0 Å². The number of hydrogen-bond acceptors (Lipinski definition) is 5. The lowest BCUT2D eigenvalue weighted by atomic mass is 10.0. The highest BCUT2D eigenvalue weighted by atomic mass is 32.2. The lowest BCUT2D eigenvalue weighted by Crippen LogP contribution is -2.49. The van der Waals surface area contributed by atoms with Crippen molar-refractivity contribution in [3.8, 4) is 0 Å². The van der Waals surface area contributed by atoms with Crippen LogP contribution in [-0.4, -0.2) is 77.3 Å². The fourth-order valence-corrected chi connectivity index (χ4v) is 5.85. The van der Waals surface area contributed by atoms with Gasteiger partial charge in [0, 0.05) is 58.5 Å². The van der Waals surface area contributed by atoms with Crippen LogP contribution in [-0.2, 0) is 10.0 Å². The molecule has 1 saturated carbocycles. The number of hydrogen-bond donors (Lipinski definition) is 1. The number of likely N-dealkylation sites (N-methyl/N-ethyl adjacent to an activating group) is 1. The summed E-state index contributed by atoms with van der Waals surface area (Å²) in [4.78, 5) is 6.84. The van der Waals surface area contributed by atoms with Crippen molar-refractivity contribution in [2.75, 3.05) is 58.8 Å². The molecule has 2 fully saturated rings. The Bertz CT molecular complexity index is 706. The summed E-state index contributed by atoms with van der Waals surface area (Å²) in [6, 6.07) is 8.60. The van der Waals surface area contributed by atoms with Gasteiger partial charge in [-0.2, -0.15) is 0 Å². The SMILES string of the molecule is CN1CCN(C(CNS(=O)(=O)C2CCCCC2)c2ccc(N(C)C)cc2)CC1. The van der Waals surface area contributed by atoms with E-state index in [1.54, 1.807) is 0 Å². The van der Waals surface area contributed by atoms with Gasteiger partial charge in [0.2, 0.25) is 10.0 Å². The maximum atomic E-state index is 12.9. The topological polar surface area (TPSA) is 55.9 Å². The Kier molecular flexibility index (Phi) is 7.36. The van der Waals surface area contributed by atoms with Gasteiger partial charge in [-0.1, -0.05) is 31.4 Å². The van der Waals surface area contributed by atoms with Crippen LogP contribution in [0.15, 0.2) is 24.3 Å². The molecular weight excluding hydrogens is 372 g/mol. The van der Waals surface area contributed by atoms with Gasteiger partial charge in [-0.15, -0.1) is 0 Å². The van der Waals surface area contributed by atoms with Crippen molar-refractivity contribution in [1.82, 2.24) is 14.5 Å². The molecule has 1 aromatic carbocycles. The van der Waals surface area contributed by atoms with Gasteiger partial charge in [-0.05, 0) is 37.6 Å². The van der Waals surface area contributed by atoms with E-state index in [2.05, 4.69) is 50.7 Å². The third-order valence-electron chi connectivity index (χ3n) is 6.24. The molecule has 1 N–H and O–H groups in total. The maximum Gasteiger partial charge on any atom is 0.214 e. The minimum Gasteiger partial charge on any atom is -0.378 e. The first kappa shape index (κ1) is 21.6. The van der Waals surface area contributed by atoms with Gasteiger partial charge < -0.3 is 9.80 Å². The molecule has 28 heavy (non-hydrogen) atoms. The average molecular weight is 409 g/mol. The third kappa shape index (κ3) is 5.47. The summed E-state index contributed by atoms with van der Waals surface area (Å²) in [5.74, 6) is 0. The summed E-state index contributed by atoms with van der Waals surface area (Å²) in [5, 5.41) is -0.217. The third-order valence-corrected chi connectivity index (χ3v) is 8.16. The molecular formula is C21H36N4O2S. The second-order valence-electron chi connectivity index (χ2n) is 8.49. The molecule has 6 nitrogen and oxygen atoms in total. The van der Waals surface area contributed by atoms with E-state index in [0.29, 0.717) is 6.54 Å². The van der Waals surface area contributed by atoms with Crippen LogP contribution in [0.25, 0.3) is 0 Å². The zero-order valence-electron chi connectivity index (χ0n) is 17.6. The quantitative estimate of drug-likeness (QED) is 0.750. The number of anilines is 1. The molecule has 0 spiro atoms.